The number of halogens is 2. The number of ketones is 3. The Balaban J connectivity index is 0.000000349. The summed E-state index contributed by atoms with van der Waals surface area (Å²) in [5, 5.41) is 12.5. The van der Waals surface area contributed by atoms with Crippen molar-refractivity contribution in [1.29, 1.82) is 0 Å². The SMILES string of the molecule is CC/C(C(=O)O)=C(/CCCOc1cccc2cc(F)ccc12)c1ccc(Cl)c(C2=C(C)CC[N+](C)(C)C2C)c1C.CCCC(=O)C(CCC(C)=O)N1Cc2c(C)cccc2C1=O.CCCC(C)CC.CCCN(CCC)CC(=O)C(C)CC. The number of carbonyl (C=O) groups is 5. The zero-order chi connectivity index (χ0) is 62.1. The third kappa shape index (κ3) is 20.9. The van der Waals surface area contributed by atoms with Crippen molar-refractivity contribution in [1.82, 2.24) is 9.80 Å². The Morgan fingerprint density at radius 3 is 2.07 bits per heavy atom. The van der Waals surface area contributed by atoms with Crippen LogP contribution in [0, 0.1) is 31.5 Å². The highest BCUT2D eigenvalue weighted by molar-refractivity contribution is 6.32. The van der Waals surface area contributed by atoms with E-state index < -0.39 is 12.0 Å². The molecule has 6 rings (SSSR count). The van der Waals surface area contributed by atoms with Crippen LogP contribution >= 0.6 is 11.6 Å². The van der Waals surface area contributed by atoms with Crippen LogP contribution in [0.3, 0.4) is 0 Å². The van der Waals surface area contributed by atoms with E-state index in [4.69, 9.17) is 16.3 Å². The number of rotatable bonds is 27. The van der Waals surface area contributed by atoms with Gasteiger partial charge in [-0.1, -0.05) is 129 Å². The van der Waals surface area contributed by atoms with Crippen molar-refractivity contribution in [3.8, 4) is 5.75 Å². The largest absolute Gasteiger partial charge is 0.493 e. The highest BCUT2D eigenvalue weighted by Crippen LogP contribution is 2.42. The van der Waals surface area contributed by atoms with E-state index >= 15 is 0 Å². The number of carboxylic acid groups (broad SMARTS) is 1. The number of quaternary nitrogens is 1. The minimum atomic E-state index is -0.898. The number of aliphatic carboxylic acids is 1. The van der Waals surface area contributed by atoms with Gasteiger partial charge in [0.15, 0.2) is 5.78 Å². The first-order valence-corrected chi connectivity index (χ1v) is 31.5. The second-order valence-electron chi connectivity index (χ2n) is 23.8. The number of carboxylic acids is 1. The average molecular weight is 1170 g/mol. The Hall–Kier alpha value is -5.49. The lowest BCUT2D eigenvalue weighted by Crippen LogP contribution is -2.51. The fourth-order valence-corrected chi connectivity index (χ4v) is 11.5. The second-order valence-corrected chi connectivity index (χ2v) is 24.2. The third-order valence-corrected chi connectivity index (χ3v) is 17.3. The molecule has 4 unspecified atom stereocenters. The van der Waals surface area contributed by atoms with Gasteiger partial charge in [0.2, 0.25) is 0 Å². The van der Waals surface area contributed by atoms with E-state index in [1.807, 2.05) is 76.2 Å². The van der Waals surface area contributed by atoms with Gasteiger partial charge in [-0.2, -0.15) is 0 Å². The van der Waals surface area contributed by atoms with E-state index in [-0.39, 0.29) is 35.3 Å². The maximum absolute atomic E-state index is 13.7. The number of hydrogen-bond donors (Lipinski definition) is 1. The molecule has 10 nitrogen and oxygen atoms in total. The topological polar surface area (TPSA) is 121 Å². The van der Waals surface area contributed by atoms with Crippen LogP contribution in [0.5, 0.6) is 5.75 Å². The van der Waals surface area contributed by atoms with Gasteiger partial charge >= 0.3 is 5.97 Å². The minimum Gasteiger partial charge on any atom is -0.493 e. The van der Waals surface area contributed by atoms with Gasteiger partial charge in [-0.3, -0.25) is 19.3 Å². The summed E-state index contributed by atoms with van der Waals surface area (Å²) in [5.41, 5.74) is 9.60. The van der Waals surface area contributed by atoms with Gasteiger partial charge in [-0.25, -0.2) is 9.18 Å². The van der Waals surface area contributed by atoms with E-state index in [1.165, 1.54) is 49.5 Å². The number of likely N-dealkylation sites (N-methyl/N-ethyl adjacent to an activating group) is 1. The number of carbonyl (C=O) groups excluding carboxylic acids is 4. The molecule has 4 aromatic rings. The number of Topliss-reactive ketones (excluding diaryl/α,β-unsaturated/α-hetero) is 3. The molecule has 83 heavy (non-hydrogen) atoms. The van der Waals surface area contributed by atoms with Crippen LogP contribution in [0.15, 0.2) is 77.9 Å². The molecule has 2 heterocycles. The van der Waals surface area contributed by atoms with Crippen LogP contribution in [0.4, 0.5) is 4.39 Å². The molecule has 0 bridgehead atoms. The van der Waals surface area contributed by atoms with Gasteiger partial charge in [-0.15, -0.1) is 0 Å². The first-order chi connectivity index (χ1) is 39.4. The molecule has 4 aromatic carbocycles. The van der Waals surface area contributed by atoms with Crippen LogP contribution in [-0.2, 0) is 25.7 Å². The number of amides is 1. The molecule has 0 aliphatic carbocycles. The molecular formula is C71H104ClFN3O7+. The molecule has 12 heteroatoms. The molecule has 0 aromatic heterocycles. The predicted octanol–water partition coefficient (Wildman–Crippen LogP) is 17.3. The fourth-order valence-electron chi connectivity index (χ4n) is 11.2. The average Bonchev–Trinajstić information content (AvgIpc) is 3.50. The smallest absolute Gasteiger partial charge is 0.331 e. The standard InChI is InChI=1S/C34H39ClFNO3.C18H23NO3.C12H25NO.C7H16/c1-7-26(34(38)39)29(11-9-19-40-31-12-8-10-24-20-25(36)13-14-28(24)31)27-15-16-30(35)33(22(27)3)32-21(2)17-18-37(5,6)23(32)4;1-4-6-17(21)16(10-9-13(3)20)19-11-15-12(2)7-5-8-14(15)18(19)22;1-5-8-13(9-6-2)10-12(14)11(4)7-3;1-4-6-7(3)5-2/h8,10,12-16,20,23H,7,9,11,17-19H2,1-6H3;5,7-8,16H,4,6,9-11H2,1-3H3;11H,5-10H2,1-4H3;7H,4-6H2,1-3H3/p+1/b29-26+;;;. The monoisotopic (exact) mass is 1160 g/mol. The quantitative estimate of drug-likeness (QED) is 0.0356. The first-order valence-electron chi connectivity index (χ1n) is 31.1. The van der Waals surface area contributed by atoms with E-state index in [2.05, 4.69) is 81.3 Å². The molecule has 0 spiro atoms. The summed E-state index contributed by atoms with van der Waals surface area (Å²) in [7, 11) is 4.50. The summed E-state index contributed by atoms with van der Waals surface area (Å²) >= 11 is 6.87. The summed E-state index contributed by atoms with van der Waals surface area (Å²) < 4.78 is 20.7. The number of allylic oxidation sites excluding steroid dienone is 1. The van der Waals surface area contributed by atoms with Crippen molar-refractivity contribution >= 4 is 62.7 Å². The van der Waals surface area contributed by atoms with Crippen LogP contribution < -0.4 is 4.74 Å². The summed E-state index contributed by atoms with van der Waals surface area (Å²) in [6.45, 7) is 33.8. The van der Waals surface area contributed by atoms with Crippen LogP contribution in [0.2, 0.25) is 5.02 Å². The number of aryl methyl sites for hydroxylation is 1. The van der Waals surface area contributed by atoms with Gasteiger partial charge < -0.3 is 24.0 Å². The van der Waals surface area contributed by atoms with Crippen molar-refractivity contribution in [3.05, 3.63) is 122 Å². The van der Waals surface area contributed by atoms with Gasteiger partial charge in [-0.05, 0) is 175 Å². The molecule has 0 radical (unpaired) electrons. The number of nitrogens with zero attached hydrogens (tertiary/aromatic N) is 3. The molecule has 1 amide bonds. The van der Waals surface area contributed by atoms with Gasteiger partial charge in [0.25, 0.3) is 5.91 Å². The van der Waals surface area contributed by atoms with E-state index in [0.717, 1.165) is 106 Å². The Kier molecular flexibility index (Phi) is 30.9. The number of ether oxygens (including phenoxy) is 1. The molecule has 0 saturated heterocycles. The highest BCUT2D eigenvalue weighted by Gasteiger charge is 2.37. The van der Waals surface area contributed by atoms with Gasteiger partial charge in [0.1, 0.15) is 29.2 Å². The van der Waals surface area contributed by atoms with Crippen molar-refractivity contribution in [2.24, 2.45) is 11.8 Å². The van der Waals surface area contributed by atoms with E-state index in [9.17, 15) is 33.5 Å². The molecule has 0 fully saturated rings. The molecule has 0 saturated carbocycles. The van der Waals surface area contributed by atoms with Gasteiger partial charge in [0, 0.05) is 64.4 Å². The zero-order valence-electron chi connectivity index (χ0n) is 53.8. The summed E-state index contributed by atoms with van der Waals surface area (Å²) in [6, 6.07) is 19.6. The second kappa shape index (κ2) is 35.7. The Morgan fingerprint density at radius 1 is 0.831 bits per heavy atom. The Labute approximate surface area is 504 Å². The normalized spacial score (nSPS) is 15.9. The predicted molar refractivity (Wildman–Crippen MR) is 344 cm³/mol. The van der Waals surface area contributed by atoms with Crippen molar-refractivity contribution in [2.45, 2.75) is 205 Å². The third-order valence-electron chi connectivity index (χ3n) is 16.9. The lowest BCUT2D eigenvalue weighted by Gasteiger charge is -2.42. The van der Waals surface area contributed by atoms with E-state index in [0.29, 0.717) is 85.9 Å². The summed E-state index contributed by atoms with van der Waals surface area (Å²) in [5.74, 6) is 1.11. The lowest BCUT2D eigenvalue weighted by molar-refractivity contribution is -0.905. The Bertz CT molecular complexity index is 2850. The summed E-state index contributed by atoms with van der Waals surface area (Å²) in [6.07, 6.45) is 11.9. The maximum Gasteiger partial charge on any atom is 0.331 e. The van der Waals surface area contributed by atoms with Crippen LogP contribution in [-0.4, -0.2) is 108 Å². The molecule has 2 aliphatic heterocycles. The van der Waals surface area contributed by atoms with E-state index in [1.54, 1.807) is 11.0 Å². The highest BCUT2D eigenvalue weighted by atomic mass is 35.5. The number of hydrogen-bond acceptors (Lipinski definition) is 7. The van der Waals surface area contributed by atoms with Crippen LogP contribution in [0.25, 0.3) is 21.9 Å². The molecule has 2 aliphatic rings. The van der Waals surface area contributed by atoms with Crippen molar-refractivity contribution in [3.63, 3.8) is 0 Å². The van der Waals surface area contributed by atoms with Crippen molar-refractivity contribution in [2.75, 3.05) is 46.9 Å². The summed E-state index contributed by atoms with van der Waals surface area (Å²) in [4.78, 5) is 64.3. The van der Waals surface area contributed by atoms with Crippen molar-refractivity contribution < 1.29 is 42.7 Å². The number of benzene rings is 4. The molecular weight excluding hydrogens is 1060 g/mol. The molecule has 1 N–H and O–H groups in total. The molecule has 4 atom stereocenters. The maximum atomic E-state index is 13.7. The Morgan fingerprint density at radius 2 is 1.51 bits per heavy atom. The van der Waals surface area contributed by atoms with Crippen LogP contribution in [0.1, 0.15) is 211 Å². The molecule has 458 valence electrons. The zero-order valence-corrected chi connectivity index (χ0v) is 54.6. The first kappa shape index (κ1) is 71.8. The fraction of sp³-hybridized carbons (Fsp3) is 0.563. The minimum absolute atomic E-state index is 0.0506. The lowest BCUT2D eigenvalue weighted by atomic mass is 9.82. The number of fused-ring (bicyclic) bond motifs is 2. The van der Waals surface area contributed by atoms with Gasteiger partial charge in [0.05, 0.1) is 39.8 Å².